The Morgan fingerprint density at radius 1 is 1.29 bits per heavy atom. The van der Waals surface area contributed by atoms with Crippen LogP contribution in [-0.2, 0) is 15.6 Å². The number of carbonyl (C=O) groups is 1. The minimum absolute atomic E-state index is 0.234. The van der Waals surface area contributed by atoms with Crippen LogP contribution in [0, 0.1) is 12.7 Å². The number of hydrogen-bond acceptors (Lipinski definition) is 4. The summed E-state index contributed by atoms with van der Waals surface area (Å²) >= 11 is 0. The lowest BCUT2D eigenvalue weighted by Crippen LogP contribution is -2.08. The lowest BCUT2D eigenvalue weighted by molar-refractivity contribution is 0.0691. The normalized spacial score (nSPS) is 11.3. The van der Waals surface area contributed by atoms with E-state index in [1.54, 1.807) is 19.2 Å². The molecule has 0 aliphatic heterocycles. The van der Waals surface area contributed by atoms with E-state index in [4.69, 9.17) is 5.11 Å². The molecule has 7 heteroatoms. The summed E-state index contributed by atoms with van der Waals surface area (Å²) < 4.78 is 37.8. The lowest BCUT2D eigenvalue weighted by Gasteiger charge is -2.06. The van der Waals surface area contributed by atoms with Gasteiger partial charge >= 0.3 is 5.97 Å². The Hall–Kier alpha value is -2.28. The first-order valence-electron chi connectivity index (χ1n) is 5.96. The maximum atomic E-state index is 13.3. The first kappa shape index (κ1) is 15.1. The molecule has 0 spiro atoms. The number of aryl methyl sites for hydroxylation is 1. The zero-order chi connectivity index (χ0) is 15.6. The van der Waals surface area contributed by atoms with Gasteiger partial charge in [-0.2, -0.15) is 0 Å². The Bertz CT molecular complexity index is 802. The maximum Gasteiger partial charge on any atom is 0.338 e. The van der Waals surface area contributed by atoms with Gasteiger partial charge in [-0.05, 0) is 36.2 Å². The van der Waals surface area contributed by atoms with Crippen molar-refractivity contribution in [3.63, 3.8) is 0 Å². The predicted molar refractivity (Wildman–Crippen MR) is 73.2 cm³/mol. The van der Waals surface area contributed by atoms with Gasteiger partial charge in [0.05, 0.1) is 16.2 Å². The molecule has 1 aromatic heterocycles. The Morgan fingerprint density at radius 3 is 2.62 bits per heavy atom. The highest BCUT2D eigenvalue weighted by molar-refractivity contribution is 7.90. The minimum Gasteiger partial charge on any atom is -0.478 e. The fraction of sp³-hybridized carbons (Fsp3) is 0.143. The summed E-state index contributed by atoms with van der Waals surface area (Å²) in [5.41, 5.74) is 0.627. The summed E-state index contributed by atoms with van der Waals surface area (Å²) in [5.74, 6) is -2.81. The van der Waals surface area contributed by atoms with Crippen molar-refractivity contribution < 1.29 is 22.7 Å². The fourth-order valence-corrected chi connectivity index (χ4v) is 3.20. The second-order valence-corrected chi connectivity index (χ2v) is 6.57. The van der Waals surface area contributed by atoms with Gasteiger partial charge in [0, 0.05) is 12.4 Å². The molecule has 0 amide bonds. The monoisotopic (exact) mass is 309 g/mol. The van der Waals surface area contributed by atoms with Crippen LogP contribution < -0.4 is 0 Å². The fourth-order valence-electron chi connectivity index (χ4n) is 1.86. The number of aromatic carboxylic acids is 1. The third-order valence-electron chi connectivity index (χ3n) is 2.82. The van der Waals surface area contributed by atoms with E-state index in [0.29, 0.717) is 5.56 Å². The summed E-state index contributed by atoms with van der Waals surface area (Å²) in [7, 11) is -3.77. The number of nitrogens with zero attached hydrogens (tertiary/aromatic N) is 1. The van der Waals surface area contributed by atoms with Crippen LogP contribution in [0.1, 0.15) is 21.5 Å². The van der Waals surface area contributed by atoms with E-state index in [-0.39, 0.29) is 10.6 Å². The van der Waals surface area contributed by atoms with Gasteiger partial charge in [0.1, 0.15) is 5.82 Å². The summed E-state index contributed by atoms with van der Waals surface area (Å²) in [6, 6.07) is 4.40. The average Bonchev–Trinajstić information content (AvgIpc) is 2.38. The van der Waals surface area contributed by atoms with Crippen LogP contribution >= 0.6 is 0 Å². The summed E-state index contributed by atoms with van der Waals surface area (Å²) in [5, 5.41) is 8.84. The number of benzene rings is 1. The first-order chi connectivity index (χ1) is 9.79. The molecular weight excluding hydrogens is 297 g/mol. The molecular formula is C14H12FNO4S. The maximum absolute atomic E-state index is 13.3. The minimum atomic E-state index is -3.77. The average molecular weight is 309 g/mol. The standard InChI is InChI=1S/C14H12FNO4S/c1-9-4-10(7-16-6-9)8-21(19,20)11-2-3-13(15)12(5-11)14(17)18/h2-7H,8H2,1H3,(H,17,18). The van der Waals surface area contributed by atoms with Crippen molar-refractivity contribution in [3.05, 3.63) is 59.2 Å². The SMILES string of the molecule is Cc1cncc(CS(=O)(=O)c2ccc(F)c(C(=O)O)c2)c1. The number of pyridine rings is 1. The molecule has 2 rings (SSSR count). The van der Waals surface area contributed by atoms with Crippen molar-refractivity contribution in [2.45, 2.75) is 17.6 Å². The molecule has 0 radical (unpaired) electrons. The van der Waals surface area contributed by atoms with E-state index >= 15 is 0 Å². The van der Waals surface area contributed by atoms with E-state index in [2.05, 4.69) is 4.98 Å². The molecule has 0 fully saturated rings. The number of halogens is 1. The number of sulfone groups is 1. The van der Waals surface area contributed by atoms with Gasteiger partial charge in [0.15, 0.2) is 9.84 Å². The van der Waals surface area contributed by atoms with Gasteiger partial charge in [0.2, 0.25) is 0 Å². The molecule has 2 aromatic rings. The second kappa shape index (κ2) is 5.61. The molecule has 0 saturated heterocycles. The number of hydrogen-bond donors (Lipinski definition) is 1. The highest BCUT2D eigenvalue weighted by atomic mass is 32.2. The van der Waals surface area contributed by atoms with Crippen molar-refractivity contribution in [3.8, 4) is 0 Å². The molecule has 0 atom stereocenters. The number of carboxylic acids is 1. The molecule has 1 aromatic carbocycles. The van der Waals surface area contributed by atoms with Crippen molar-refractivity contribution in [1.82, 2.24) is 4.98 Å². The molecule has 0 bridgehead atoms. The molecule has 21 heavy (non-hydrogen) atoms. The molecule has 0 saturated carbocycles. The third-order valence-corrected chi connectivity index (χ3v) is 4.50. The van der Waals surface area contributed by atoms with Gasteiger partial charge in [0.25, 0.3) is 0 Å². The van der Waals surface area contributed by atoms with Crippen LogP contribution in [0.2, 0.25) is 0 Å². The van der Waals surface area contributed by atoms with E-state index in [1.807, 2.05) is 0 Å². The van der Waals surface area contributed by atoms with E-state index < -0.39 is 27.2 Å². The predicted octanol–water partition coefficient (Wildman–Crippen LogP) is 2.20. The third kappa shape index (κ3) is 3.43. The zero-order valence-corrected chi connectivity index (χ0v) is 11.9. The topological polar surface area (TPSA) is 84.3 Å². The van der Waals surface area contributed by atoms with Gasteiger partial charge < -0.3 is 5.11 Å². The Morgan fingerprint density at radius 2 is 2.00 bits per heavy atom. The van der Waals surface area contributed by atoms with Crippen molar-refractivity contribution in [1.29, 1.82) is 0 Å². The summed E-state index contributed by atoms with van der Waals surface area (Å²) in [4.78, 5) is 14.5. The molecule has 1 N–H and O–H groups in total. The van der Waals surface area contributed by atoms with Crippen LogP contribution in [0.4, 0.5) is 4.39 Å². The number of carboxylic acid groups (broad SMARTS) is 1. The van der Waals surface area contributed by atoms with Gasteiger partial charge in [-0.15, -0.1) is 0 Å². The molecule has 0 unspecified atom stereocenters. The van der Waals surface area contributed by atoms with Gasteiger partial charge in [-0.25, -0.2) is 17.6 Å². The Kier molecular flexibility index (Phi) is 4.04. The smallest absolute Gasteiger partial charge is 0.338 e. The second-order valence-electron chi connectivity index (χ2n) is 4.58. The molecule has 110 valence electrons. The van der Waals surface area contributed by atoms with Crippen LogP contribution in [0.3, 0.4) is 0 Å². The van der Waals surface area contributed by atoms with Crippen LogP contribution in [-0.4, -0.2) is 24.5 Å². The number of rotatable bonds is 4. The quantitative estimate of drug-likeness (QED) is 0.875. The van der Waals surface area contributed by atoms with E-state index in [0.717, 1.165) is 23.8 Å². The van der Waals surface area contributed by atoms with Gasteiger partial charge in [-0.3, -0.25) is 4.98 Å². The van der Waals surface area contributed by atoms with E-state index in [9.17, 15) is 17.6 Å². The number of aromatic nitrogens is 1. The van der Waals surface area contributed by atoms with Gasteiger partial charge in [-0.1, -0.05) is 6.07 Å². The molecule has 0 aliphatic carbocycles. The highest BCUT2D eigenvalue weighted by Crippen LogP contribution is 2.20. The first-order valence-corrected chi connectivity index (χ1v) is 7.61. The van der Waals surface area contributed by atoms with Crippen molar-refractivity contribution in [2.24, 2.45) is 0 Å². The van der Waals surface area contributed by atoms with Crippen molar-refractivity contribution >= 4 is 15.8 Å². The zero-order valence-electron chi connectivity index (χ0n) is 11.1. The van der Waals surface area contributed by atoms with Crippen LogP contribution in [0.25, 0.3) is 0 Å². The highest BCUT2D eigenvalue weighted by Gasteiger charge is 2.20. The Balaban J connectivity index is 2.40. The van der Waals surface area contributed by atoms with Crippen LogP contribution in [0.5, 0.6) is 0 Å². The van der Waals surface area contributed by atoms with E-state index in [1.165, 1.54) is 6.20 Å². The summed E-state index contributed by atoms with van der Waals surface area (Å²) in [6.45, 7) is 1.78. The van der Waals surface area contributed by atoms with Crippen molar-refractivity contribution in [2.75, 3.05) is 0 Å². The lowest BCUT2D eigenvalue weighted by atomic mass is 10.2. The van der Waals surface area contributed by atoms with Crippen LogP contribution in [0.15, 0.2) is 41.6 Å². The molecule has 5 nitrogen and oxygen atoms in total. The molecule has 0 aliphatic rings. The Labute approximate surface area is 121 Å². The summed E-state index contributed by atoms with van der Waals surface area (Å²) in [6.07, 6.45) is 3.02. The largest absolute Gasteiger partial charge is 0.478 e. The molecule has 1 heterocycles.